The van der Waals surface area contributed by atoms with E-state index in [2.05, 4.69) is 25.9 Å². The molecule has 18 N–H and O–H groups in total. The molecule has 41 heavy (non-hydrogen) atoms. The lowest BCUT2D eigenvalue weighted by Crippen LogP contribution is -2.57. The van der Waals surface area contributed by atoms with Crippen LogP contribution in [0.3, 0.4) is 0 Å². The summed E-state index contributed by atoms with van der Waals surface area (Å²) < 4.78 is 0. The minimum Gasteiger partial charge on any atom is -0.480 e. The first-order valence-corrected chi connectivity index (χ1v) is 13.3. The Hall–Kier alpha value is -4.19. The molecule has 4 amide bonds. The average Bonchev–Trinajstić information content (AvgIpc) is 2.88. The summed E-state index contributed by atoms with van der Waals surface area (Å²) in [5.41, 5.74) is 37.8. The van der Waals surface area contributed by atoms with Crippen LogP contribution in [-0.4, -0.2) is 90.4 Å². The van der Waals surface area contributed by atoms with Gasteiger partial charge in [-0.3, -0.25) is 29.2 Å². The van der Waals surface area contributed by atoms with Crippen LogP contribution in [0.1, 0.15) is 57.8 Å². The number of carbonyl (C=O) groups is 5. The molecule has 4 unspecified atom stereocenters. The van der Waals surface area contributed by atoms with Crippen molar-refractivity contribution in [3.05, 3.63) is 0 Å². The molecule has 0 aromatic heterocycles. The zero-order valence-corrected chi connectivity index (χ0v) is 23.2. The summed E-state index contributed by atoms with van der Waals surface area (Å²) in [5.74, 6) is -4.59. The summed E-state index contributed by atoms with van der Waals surface area (Å²) >= 11 is 0. The molecule has 0 aliphatic rings. The van der Waals surface area contributed by atoms with Gasteiger partial charge in [-0.1, -0.05) is 6.42 Å². The summed E-state index contributed by atoms with van der Waals surface area (Å²) in [6, 6.07) is -4.72. The number of guanidine groups is 2. The molecule has 4 atom stereocenters. The van der Waals surface area contributed by atoms with Gasteiger partial charge < -0.3 is 61.2 Å². The van der Waals surface area contributed by atoms with Gasteiger partial charge >= 0.3 is 5.97 Å². The Labute approximate surface area is 238 Å². The standard InChI is InChI=1S/C23H46N12O6/c24-10-2-1-5-13(25)18(37)33-14(6-3-11-31-22(27)28)19(38)34-15(8-9-17(26)36)20(39)35-16(21(40)41)7-4-12-32-23(29)30/h13-16H,1-12,24-25H2,(H2,26,36)(H,33,37)(H,34,38)(H,35,39)(H,40,41)(H4,27,28,31)(H4,29,30,32). The van der Waals surface area contributed by atoms with Crippen LogP contribution in [0.25, 0.3) is 0 Å². The van der Waals surface area contributed by atoms with Gasteiger partial charge in [0.15, 0.2) is 11.9 Å². The maximum atomic E-state index is 13.2. The molecule has 0 bridgehead atoms. The smallest absolute Gasteiger partial charge is 0.326 e. The molecule has 18 nitrogen and oxygen atoms in total. The number of aliphatic imine (C=N–C) groups is 2. The number of hydrogen-bond acceptors (Lipinski definition) is 9. The second-order valence-electron chi connectivity index (χ2n) is 9.32. The van der Waals surface area contributed by atoms with E-state index in [1.165, 1.54) is 0 Å². The van der Waals surface area contributed by atoms with E-state index in [-0.39, 0.29) is 63.5 Å². The van der Waals surface area contributed by atoms with Crippen LogP contribution >= 0.6 is 0 Å². The Morgan fingerprint density at radius 1 is 0.634 bits per heavy atom. The molecule has 234 valence electrons. The van der Waals surface area contributed by atoms with Crippen LogP contribution in [0.15, 0.2) is 9.98 Å². The predicted octanol–water partition coefficient (Wildman–Crippen LogP) is -4.65. The summed E-state index contributed by atoms with van der Waals surface area (Å²) in [4.78, 5) is 69.6. The molecule has 0 aromatic rings. The Balaban J connectivity index is 5.65. The molecule has 18 heteroatoms. The molecule has 0 fully saturated rings. The quantitative estimate of drug-likeness (QED) is 0.0324. The SMILES string of the molecule is NCCCCC(N)C(=O)NC(CCCN=C(N)N)C(=O)NC(CCC(N)=O)C(=O)NC(CCCN=C(N)N)C(=O)O. The highest BCUT2D eigenvalue weighted by Crippen LogP contribution is 2.07. The van der Waals surface area contributed by atoms with Gasteiger partial charge in [-0.2, -0.15) is 0 Å². The molecular formula is C23H46N12O6. The fourth-order valence-corrected chi connectivity index (χ4v) is 3.55. The van der Waals surface area contributed by atoms with Crippen LogP contribution in [0.4, 0.5) is 0 Å². The molecule has 0 spiro atoms. The molecule has 0 heterocycles. The van der Waals surface area contributed by atoms with E-state index in [0.29, 0.717) is 25.8 Å². The number of nitrogens with two attached hydrogens (primary N) is 7. The summed E-state index contributed by atoms with van der Waals surface area (Å²) in [6.45, 7) is 0.744. The van der Waals surface area contributed by atoms with E-state index >= 15 is 0 Å². The Kier molecular flexibility index (Phi) is 18.6. The van der Waals surface area contributed by atoms with Crippen LogP contribution in [0.5, 0.6) is 0 Å². The normalized spacial score (nSPS) is 13.5. The maximum Gasteiger partial charge on any atom is 0.326 e. The first kappa shape index (κ1) is 36.8. The van der Waals surface area contributed by atoms with E-state index in [0.717, 1.165) is 0 Å². The number of nitrogens with one attached hydrogen (secondary N) is 3. The summed E-state index contributed by atoms with van der Waals surface area (Å²) in [7, 11) is 0. The number of carboxylic acid groups (broad SMARTS) is 1. The summed E-state index contributed by atoms with van der Waals surface area (Å²) in [5, 5.41) is 16.9. The molecule has 0 aliphatic carbocycles. The van der Waals surface area contributed by atoms with E-state index in [1.54, 1.807) is 0 Å². The van der Waals surface area contributed by atoms with Crippen molar-refractivity contribution in [2.24, 2.45) is 50.1 Å². The van der Waals surface area contributed by atoms with Gasteiger partial charge in [-0.25, -0.2) is 4.79 Å². The van der Waals surface area contributed by atoms with Crippen LogP contribution < -0.4 is 56.1 Å². The molecule has 0 saturated carbocycles. The van der Waals surface area contributed by atoms with Gasteiger partial charge in [-0.05, 0) is 51.5 Å². The van der Waals surface area contributed by atoms with Gasteiger partial charge in [0.2, 0.25) is 23.6 Å². The zero-order valence-electron chi connectivity index (χ0n) is 23.2. The number of carboxylic acids is 1. The Morgan fingerprint density at radius 3 is 1.56 bits per heavy atom. The Bertz CT molecular complexity index is 921. The van der Waals surface area contributed by atoms with Crippen molar-refractivity contribution < 1.29 is 29.1 Å². The van der Waals surface area contributed by atoms with Gasteiger partial charge in [0.25, 0.3) is 0 Å². The van der Waals surface area contributed by atoms with E-state index in [9.17, 15) is 29.1 Å². The molecule has 0 aliphatic heterocycles. The third-order valence-electron chi connectivity index (χ3n) is 5.76. The molecular weight excluding hydrogens is 540 g/mol. The largest absolute Gasteiger partial charge is 0.480 e. The lowest BCUT2D eigenvalue weighted by Gasteiger charge is -2.25. The van der Waals surface area contributed by atoms with Crippen molar-refractivity contribution in [3.63, 3.8) is 0 Å². The van der Waals surface area contributed by atoms with Crippen molar-refractivity contribution in [1.82, 2.24) is 16.0 Å². The van der Waals surface area contributed by atoms with Crippen molar-refractivity contribution in [2.75, 3.05) is 19.6 Å². The first-order chi connectivity index (χ1) is 19.3. The van der Waals surface area contributed by atoms with Gasteiger partial charge in [0.1, 0.15) is 18.1 Å². The summed E-state index contributed by atoms with van der Waals surface area (Å²) in [6.07, 6.45) is 1.71. The van der Waals surface area contributed by atoms with Crippen molar-refractivity contribution in [1.29, 1.82) is 0 Å². The number of amides is 4. The number of aliphatic carboxylic acids is 1. The van der Waals surface area contributed by atoms with E-state index in [4.69, 9.17) is 40.1 Å². The first-order valence-electron chi connectivity index (χ1n) is 13.3. The van der Waals surface area contributed by atoms with E-state index in [1.807, 2.05) is 0 Å². The zero-order chi connectivity index (χ0) is 31.4. The van der Waals surface area contributed by atoms with Crippen LogP contribution in [-0.2, 0) is 24.0 Å². The van der Waals surface area contributed by atoms with Crippen molar-refractivity contribution in [2.45, 2.75) is 82.0 Å². The van der Waals surface area contributed by atoms with Gasteiger partial charge in [0.05, 0.1) is 6.04 Å². The van der Waals surface area contributed by atoms with Crippen LogP contribution in [0, 0.1) is 0 Å². The predicted molar refractivity (Wildman–Crippen MR) is 153 cm³/mol. The lowest BCUT2D eigenvalue weighted by atomic mass is 10.0. The van der Waals surface area contributed by atoms with Gasteiger partial charge in [-0.15, -0.1) is 0 Å². The Morgan fingerprint density at radius 2 is 1.10 bits per heavy atom. The topological polar surface area (TPSA) is 349 Å². The fourth-order valence-electron chi connectivity index (χ4n) is 3.55. The minimum absolute atomic E-state index is 0.0140. The number of primary amides is 1. The molecule has 0 aromatic carbocycles. The highest BCUT2D eigenvalue weighted by Gasteiger charge is 2.30. The van der Waals surface area contributed by atoms with Crippen LogP contribution in [0.2, 0.25) is 0 Å². The average molecular weight is 587 g/mol. The van der Waals surface area contributed by atoms with Crippen molar-refractivity contribution in [3.8, 4) is 0 Å². The third kappa shape index (κ3) is 17.9. The fraction of sp³-hybridized carbons (Fsp3) is 0.696. The number of hydrogen-bond donors (Lipinski definition) is 11. The number of carbonyl (C=O) groups excluding carboxylic acids is 4. The molecule has 0 rings (SSSR count). The molecule has 0 radical (unpaired) electrons. The number of nitrogens with zero attached hydrogens (tertiary/aromatic N) is 2. The minimum atomic E-state index is -1.34. The number of rotatable bonds is 22. The van der Waals surface area contributed by atoms with Crippen molar-refractivity contribution >= 4 is 41.5 Å². The second kappa shape index (κ2) is 20.7. The second-order valence-corrected chi connectivity index (χ2v) is 9.32. The van der Waals surface area contributed by atoms with Gasteiger partial charge in [0, 0.05) is 19.5 Å². The highest BCUT2D eigenvalue weighted by molar-refractivity contribution is 5.94. The molecule has 0 saturated heterocycles. The van der Waals surface area contributed by atoms with E-state index < -0.39 is 53.8 Å². The highest BCUT2D eigenvalue weighted by atomic mass is 16.4. The lowest BCUT2D eigenvalue weighted by molar-refractivity contribution is -0.142. The third-order valence-corrected chi connectivity index (χ3v) is 5.76. The maximum absolute atomic E-state index is 13.2. The monoisotopic (exact) mass is 586 g/mol. The number of unbranched alkanes of at least 4 members (excludes halogenated alkanes) is 1.